The number of aromatic nitrogens is 3. The van der Waals surface area contributed by atoms with Gasteiger partial charge in [-0.2, -0.15) is 13.2 Å². The van der Waals surface area contributed by atoms with Crippen molar-refractivity contribution in [2.45, 2.75) is 31.0 Å². The predicted octanol–water partition coefficient (Wildman–Crippen LogP) is 4.87. The van der Waals surface area contributed by atoms with Crippen molar-refractivity contribution in [2.24, 2.45) is 0 Å². The van der Waals surface area contributed by atoms with Crippen molar-refractivity contribution in [3.63, 3.8) is 0 Å². The Morgan fingerprint density at radius 2 is 1.93 bits per heavy atom. The molecular weight excluding hydrogens is 475 g/mol. The Labute approximate surface area is 175 Å². The van der Waals surface area contributed by atoms with Crippen LogP contribution in [-0.2, 0) is 11.0 Å². The molecule has 1 aliphatic rings. The summed E-state index contributed by atoms with van der Waals surface area (Å²) in [5.41, 5.74) is -1.43. The lowest BCUT2D eigenvalue weighted by atomic mass is 9.82. The molecule has 0 radical (unpaired) electrons. The summed E-state index contributed by atoms with van der Waals surface area (Å²) in [6.07, 6.45) is -2.56. The number of hydrogen-bond donors (Lipinski definition) is 0. The number of amides is 1. The Morgan fingerprint density at radius 3 is 2.63 bits per heavy atom. The molecule has 2 unspecified atom stereocenters. The largest absolute Gasteiger partial charge is 0.419 e. The molecule has 1 aliphatic heterocycles. The van der Waals surface area contributed by atoms with E-state index in [9.17, 15) is 26.7 Å². The molecule has 3 heterocycles. The molecule has 30 heavy (non-hydrogen) atoms. The normalized spacial score (nSPS) is 20.0. The van der Waals surface area contributed by atoms with Crippen LogP contribution in [0.25, 0.3) is 5.65 Å². The van der Waals surface area contributed by atoms with E-state index >= 15 is 0 Å². The maximum atomic E-state index is 14.1. The molecule has 4 rings (SSSR count). The fourth-order valence-electron chi connectivity index (χ4n) is 3.97. The minimum atomic E-state index is -4.98. The van der Waals surface area contributed by atoms with Gasteiger partial charge in [0.1, 0.15) is 11.6 Å². The monoisotopic (exact) mass is 488 g/mol. The van der Waals surface area contributed by atoms with Crippen LogP contribution in [0.4, 0.5) is 22.0 Å². The molecule has 5 nitrogen and oxygen atoms in total. The quantitative estimate of drug-likeness (QED) is 0.390. The number of likely N-dealkylation sites (tertiary alicyclic amines) is 1. The van der Waals surface area contributed by atoms with E-state index < -0.39 is 40.9 Å². The zero-order chi connectivity index (χ0) is 21.6. The second kappa shape index (κ2) is 7.60. The van der Waals surface area contributed by atoms with Crippen molar-refractivity contribution >= 4 is 28.0 Å². The fourth-order valence-corrected chi connectivity index (χ4v) is 4.31. The third-order valence-corrected chi connectivity index (χ3v) is 5.75. The number of alkyl halides is 3. The third-order valence-electron chi connectivity index (χ3n) is 5.28. The van der Waals surface area contributed by atoms with E-state index in [0.29, 0.717) is 22.4 Å². The molecule has 1 amide bonds. The Morgan fingerprint density at radius 1 is 1.17 bits per heavy atom. The number of benzene rings is 1. The molecule has 1 fully saturated rings. The van der Waals surface area contributed by atoms with Gasteiger partial charge >= 0.3 is 6.18 Å². The minimum Gasteiger partial charge on any atom is -0.335 e. The van der Waals surface area contributed by atoms with E-state index in [2.05, 4.69) is 26.1 Å². The number of nitrogens with zero attached hydrogens (tertiary/aromatic N) is 4. The van der Waals surface area contributed by atoms with Crippen molar-refractivity contribution in [1.82, 2.24) is 19.5 Å². The van der Waals surface area contributed by atoms with Crippen LogP contribution < -0.4 is 0 Å². The molecule has 11 heteroatoms. The summed E-state index contributed by atoms with van der Waals surface area (Å²) >= 11 is 3.34. The summed E-state index contributed by atoms with van der Waals surface area (Å²) in [6, 6.07) is 3.69. The van der Waals surface area contributed by atoms with Gasteiger partial charge in [-0.3, -0.25) is 9.20 Å². The highest BCUT2D eigenvalue weighted by molar-refractivity contribution is 9.10. The van der Waals surface area contributed by atoms with Crippen LogP contribution in [0.2, 0.25) is 0 Å². The molecule has 0 spiro atoms. The number of hydrogen-bond acceptors (Lipinski definition) is 3. The number of halogens is 6. The maximum Gasteiger partial charge on any atom is 0.419 e. The molecule has 1 aromatic carbocycles. The van der Waals surface area contributed by atoms with E-state index in [4.69, 9.17) is 0 Å². The van der Waals surface area contributed by atoms with Gasteiger partial charge in [-0.15, -0.1) is 10.2 Å². The van der Waals surface area contributed by atoms with Gasteiger partial charge in [0, 0.05) is 23.3 Å². The molecule has 0 bridgehead atoms. The minimum absolute atomic E-state index is 0.0119. The van der Waals surface area contributed by atoms with Crippen LogP contribution >= 0.6 is 15.9 Å². The smallest absolute Gasteiger partial charge is 0.335 e. The van der Waals surface area contributed by atoms with Gasteiger partial charge in [0.15, 0.2) is 11.5 Å². The van der Waals surface area contributed by atoms with E-state index in [1.165, 1.54) is 4.90 Å². The highest BCUT2D eigenvalue weighted by atomic mass is 79.9. The topological polar surface area (TPSA) is 50.5 Å². The van der Waals surface area contributed by atoms with Crippen LogP contribution in [0.15, 0.2) is 34.9 Å². The number of piperidine rings is 1. The Hall–Kier alpha value is -2.56. The van der Waals surface area contributed by atoms with E-state index in [0.717, 1.165) is 6.07 Å². The summed E-state index contributed by atoms with van der Waals surface area (Å²) < 4.78 is 70.7. The van der Waals surface area contributed by atoms with Gasteiger partial charge in [0.25, 0.3) is 0 Å². The molecule has 1 saturated heterocycles. The van der Waals surface area contributed by atoms with Gasteiger partial charge < -0.3 is 4.90 Å². The first-order valence-electron chi connectivity index (χ1n) is 8.96. The average Bonchev–Trinajstić information content (AvgIpc) is 3.08. The third kappa shape index (κ3) is 3.66. The van der Waals surface area contributed by atoms with Gasteiger partial charge in [0.05, 0.1) is 11.6 Å². The molecule has 3 aromatic rings. The molecule has 2 aromatic heterocycles. The van der Waals surface area contributed by atoms with E-state index in [-0.39, 0.29) is 25.5 Å². The first kappa shape index (κ1) is 20.7. The number of pyridine rings is 1. The lowest BCUT2D eigenvalue weighted by Crippen LogP contribution is -2.36. The summed E-state index contributed by atoms with van der Waals surface area (Å²) in [7, 11) is 0. The average molecular weight is 489 g/mol. The molecule has 158 valence electrons. The fraction of sp³-hybridized carbons (Fsp3) is 0.316. The Kier molecular flexibility index (Phi) is 5.25. The van der Waals surface area contributed by atoms with Gasteiger partial charge in [-0.1, -0.05) is 0 Å². The van der Waals surface area contributed by atoms with Crippen LogP contribution in [-0.4, -0.2) is 32.5 Å². The lowest BCUT2D eigenvalue weighted by molar-refractivity contribution is -0.141. The van der Waals surface area contributed by atoms with E-state index in [1.54, 1.807) is 22.7 Å². The van der Waals surface area contributed by atoms with Crippen molar-refractivity contribution in [3.8, 4) is 0 Å². The number of carbonyl (C=O) groups excluding carboxylic acids is 1. The summed E-state index contributed by atoms with van der Waals surface area (Å²) in [6.45, 7) is 0.108. The molecule has 0 aliphatic carbocycles. The van der Waals surface area contributed by atoms with Crippen LogP contribution in [0.3, 0.4) is 0 Å². The van der Waals surface area contributed by atoms with Gasteiger partial charge in [0.2, 0.25) is 6.41 Å². The summed E-state index contributed by atoms with van der Waals surface area (Å²) in [5, 5.41) is 8.15. The van der Waals surface area contributed by atoms with Crippen LogP contribution in [0, 0.1) is 11.6 Å². The highest BCUT2D eigenvalue weighted by Crippen LogP contribution is 2.44. The number of fused-ring (bicyclic) bond motifs is 1. The predicted molar refractivity (Wildman–Crippen MR) is 99.5 cm³/mol. The summed E-state index contributed by atoms with van der Waals surface area (Å²) in [4.78, 5) is 13.0. The Balaban J connectivity index is 1.79. The second-order valence-corrected chi connectivity index (χ2v) is 7.98. The number of rotatable bonds is 3. The van der Waals surface area contributed by atoms with Crippen LogP contribution in [0.5, 0.6) is 0 Å². The van der Waals surface area contributed by atoms with Gasteiger partial charge in [-0.05, 0) is 58.5 Å². The number of carbonyl (C=O) groups is 1. The lowest BCUT2D eigenvalue weighted by Gasteiger charge is -2.37. The molecule has 0 N–H and O–H groups in total. The van der Waals surface area contributed by atoms with Crippen molar-refractivity contribution in [3.05, 3.63) is 63.5 Å². The van der Waals surface area contributed by atoms with Crippen LogP contribution in [0.1, 0.15) is 41.8 Å². The molecular formula is C19H14BrF5N4O. The first-order valence-corrected chi connectivity index (χ1v) is 9.75. The zero-order valence-electron chi connectivity index (χ0n) is 15.2. The van der Waals surface area contributed by atoms with Gasteiger partial charge in [-0.25, -0.2) is 8.78 Å². The summed E-state index contributed by atoms with van der Waals surface area (Å²) in [5.74, 6) is -3.20. The van der Waals surface area contributed by atoms with Crippen molar-refractivity contribution in [2.75, 3.05) is 6.54 Å². The van der Waals surface area contributed by atoms with Crippen molar-refractivity contribution in [1.29, 1.82) is 0 Å². The molecule has 2 atom stereocenters. The standard InChI is InChI=1S/C19H14BrF5N4O/c20-11-1-2-16-26-27-18(29(16)8-11)15-5-10(3-4-28(15)9-30)13-6-12(21)7-14(22)17(13)19(23,24)25/h1-2,6-10,15H,3-5H2. The maximum absolute atomic E-state index is 14.1. The highest BCUT2D eigenvalue weighted by Gasteiger charge is 2.41. The first-order chi connectivity index (χ1) is 14.2. The molecule has 0 saturated carbocycles. The Bertz CT molecular complexity index is 1120. The van der Waals surface area contributed by atoms with Crippen molar-refractivity contribution < 1.29 is 26.7 Å². The zero-order valence-corrected chi connectivity index (χ0v) is 16.8. The SMILES string of the molecule is O=CN1CCC(c2cc(F)cc(F)c2C(F)(F)F)CC1c1nnc2ccc(Br)cn12. The second-order valence-electron chi connectivity index (χ2n) is 7.06. The van der Waals surface area contributed by atoms with E-state index in [1.807, 2.05) is 0 Å².